The van der Waals surface area contributed by atoms with Crippen LogP contribution in [0, 0.1) is 12.8 Å². The molecule has 0 aromatic heterocycles. The molecule has 0 saturated heterocycles. The van der Waals surface area contributed by atoms with Crippen LogP contribution in [-0.4, -0.2) is 17.9 Å². The Labute approximate surface area is 125 Å². The van der Waals surface area contributed by atoms with Gasteiger partial charge in [0.2, 0.25) is 5.91 Å². The smallest absolute Gasteiger partial charge is 0.270 e. The fourth-order valence-corrected chi connectivity index (χ4v) is 2.37. The molecule has 21 heavy (non-hydrogen) atoms. The third-order valence-corrected chi connectivity index (χ3v) is 3.92. The average Bonchev–Trinajstić information content (AvgIpc) is 2.85. The van der Waals surface area contributed by atoms with Crippen molar-refractivity contribution in [3.63, 3.8) is 0 Å². The number of fused-ring (bicyclic) bond motifs is 1. The summed E-state index contributed by atoms with van der Waals surface area (Å²) in [6.07, 6.45) is 1.73. The van der Waals surface area contributed by atoms with Crippen molar-refractivity contribution in [2.75, 3.05) is 0 Å². The molecule has 0 saturated carbocycles. The zero-order valence-corrected chi connectivity index (χ0v) is 12.9. The number of hydrogen-bond donors (Lipinski definition) is 2. The van der Waals surface area contributed by atoms with Crippen molar-refractivity contribution < 1.29 is 14.3 Å². The Kier molecular flexibility index (Phi) is 4.50. The van der Waals surface area contributed by atoms with Crippen molar-refractivity contribution in [3.8, 4) is 5.75 Å². The van der Waals surface area contributed by atoms with Gasteiger partial charge in [-0.15, -0.1) is 0 Å². The van der Waals surface area contributed by atoms with Crippen molar-refractivity contribution in [3.05, 3.63) is 28.8 Å². The summed E-state index contributed by atoms with van der Waals surface area (Å²) in [6, 6.07) is 3.69. The van der Waals surface area contributed by atoms with E-state index in [2.05, 4.69) is 10.9 Å². The SMILES string of the molecule is CCC(C)C(=O)NNC(=O)c1ccc2c(c1C)OC(C)C2. The quantitative estimate of drug-likeness (QED) is 0.838. The summed E-state index contributed by atoms with van der Waals surface area (Å²) in [5, 5.41) is 0. The molecule has 0 fully saturated rings. The zero-order chi connectivity index (χ0) is 15.6. The van der Waals surface area contributed by atoms with Gasteiger partial charge >= 0.3 is 0 Å². The number of amides is 2. The summed E-state index contributed by atoms with van der Waals surface area (Å²) in [5.74, 6) is 0.156. The summed E-state index contributed by atoms with van der Waals surface area (Å²) < 4.78 is 5.74. The molecule has 2 amide bonds. The molecule has 1 aliphatic heterocycles. The Hall–Kier alpha value is -2.04. The number of ether oxygens (including phenoxy) is 1. The van der Waals surface area contributed by atoms with Gasteiger partial charge < -0.3 is 4.74 Å². The molecule has 1 aliphatic rings. The first-order valence-electron chi connectivity index (χ1n) is 7.33. The minimum Gasteiger partial charge on any atom is -0.490 e. The van der Waals surface area contributed by atoms with E-state index < -0.39 is 0 Å². The van der Waals surface area contributed by atoms with E-state index in [0.717, 1.165) is 29.7 Å². The van der Waals surface area contributed by atoms with Crippen molar-refractivity contribution in [1.82, 2.24) is 10.9 Å². The van der Waals surface area contributed by atoms with Crippen LogP contribution in [0.4, 0.5) is 0 Å². The second-order valence-corrected chi connectivity index (χ2v) is 5.61. The number of rotatable bonds is 3. The number of carbonyl (C=O) groups excluding carboxylic acids is 2. The van der Waals surface area contributed by atoms with Gasteiger partial charge in [0.1, 0.15) is 11.9 Å². The summed E-state index contributed by atoms with van der Waals surface area (Å²) in [6.45, 7) is 7.61. The predicted molar refractivity (Wildman–Crippen MR) is 80.0 cm³/mol. The van der Waals surface area contributed by atoms with Gasteiger partial charge in [-0.3, -0.25) is 20.4 Å². The molecule has 1 aromatic carbocycles. The van der Waals surface area contributed by atoms with Gasteiger partial charge in [-0.05, 0) is 31.9 Å². The summed E-state index contributed by atoms with van der Waals surface area (Å²) in [5.41, 5.74) is 7.38. The molecule has 0 radical (unpaired) electrons. The first-order valence-corrected chi connectivity index (χ1v) is 7.33. The average molecular weight is 290 g/mol. The van der Waals surface area contributed by atoms with E-state index in [1.54, 1.807) is 6.07 Å². The maximum absolute atomic E-state index is 12.2. The van der Waals surface area contributed by atoms with Crippen LogP contribution in [0.2, 0.25) is 0 Å². The number of hydrazine groups is 1. The molecule has 5 heteroatoms. The summed E-state index contributed by atoms with van der Waals surface area (Å²) >= 11 is 0. The Morgan fingerprint density at radius 2 is 2.10 bits per heavy atom. The Bertz CT molecular complexity index is 569. The van der Waals surface area contributed by atoms with Crippen LogP contribution in [0.1, 0.15) is 48.7 Å². The minimum atomic E-state index is -0.324. The highest BCUT2D eigenvalue weighted by Gasteiger charge is 2.24. The van der Waals surface area contributed by atoms with Gasteiger partial charge in [0.05, 0.1) is 0 Å². The number of carbonyl (C=O) groups is 2. The maximum Gasteiger partial charge on any atom is 0.270 e. The Morgan fingerprint density at radius 3 is 2.76 bits per heavy atom. The van der Waals surface area contributed by atoms with E-state index >= 15 is 0 Å². The van der Waals surface area contributed by atoms with E-state index in [0.29, 0.717) is 5.56 Å². The van der Waals surface area contributed by atoms with Gasteiger partial charge in [0.15, 0.2) is 0 Å². The summed E-state index contributed by atoms with van der Waals surface area (Å²) in [7, 11) is 0. The van der Waals surface area contributed by atoms with Gasteiger partial charge in [-0.25, -0.2) is 0 Å². The van der Waals surface area contributed by atoms with Crippen LogP contribution in [0.25, 0.3) is 0 Å². The molecule has 2 atom stereocenters. The fourth-order valence-electron chi connectivity index (χ4n) is 2.37. The number of benzene rings is 1. The van der Waals surface area contributed by atoms with Crippen LogP contribution >= 0.6 is 0 Å². The highest BCUT2D eigenvalue weighted by molar-refractivity contribution is 5.97. The molecule has 5 nitrogen and oxygen atoms in total. The second kappa shape index (κ2) is 6.16. The largest absolute Gasteiger partial charge is 0.490 e. The first kappa shape index (κ1) is 15.4. The van der Waals surface area contributed by atoms with Crippen LogP contribution in [0.15, 0.2) is 12.1 Å². The standard InChI is InChI=1S/C16H22N2O3/c1-5-9(2)15(19)17-18-16(20)13-7-6-12-8-10(3)21-14(12)11(13)4/h6-7,9-10H,5,8H2,1-4H3,(H,17,19)(H,18,20). The highest BCUT2D eigenvalue weighted by Crippen LogP contribution is 2.33. The van der Waals surface area contributed by atoms with Crippen LogP contribution in [0.5, 0.6) is 5.75 Å². The number of hydrogen-bond acceptors (Lipinski definition) is 3. The normalized spacial score (nSPS) is 17.6. The lowest BCUT2D eigenvalue weighted by Gasteiger charge is -2.13. The molecule has 1 aromatic rings. The Morgan fingerprint density at radius 1 is 1.38 bits per heavy atom. The van der Waals surface area contributed by atoms with E-state index in [9.17, 15) is 9.59 Å². The van der Waals surface area contributed by atoms with Crippen molar-refractivity contribution in [2.45, 2.75) is 46.6 Å². The van der Waals surface area contributed by atoms with Crippen LogP contribution < -0.4 is 15.6 Å². The first-order chi connectivity index (χ1) is 9.93. The topological polar surface area (TPSA) is 67.4 Å². The van der Waals surface area contributed by atoms with Gasteiger partial charge in [-0.2, -0.15) is 0 Å². The zero-order valence-electron chi connectivity index (χ0n) is 12.9. The molecule has 0 bridgehead atoms. The highest BCUT2D eigenvalue weighted by atomic mass is 16.5. The molecule has 114 valence electrons. The van der Waals surface area contributed by atoms with Gasteiger partial charge in [-0.1, -0.05) is 19.9 Å². The van der Waals surface area contributed by atoms with Crippen LogP contribution in [0.3, 0.4) is 0 Å². The van der Waals surface area contributed by atoms with E-state index in [1.165, 1.54) is 0 Å². The molecule has 2 N–H and O–H groups in total. The third-order valence-electron chi connectivity index (χ3n) is 3.92. The molecule has 2 rings (SSSR count). The lowest BCUT2D eigenvalue weighted by atomic mass is 10.0. The molecule has 0 spiro atoms. The molecule has 2 unspecified atom stereocenters. The fraction of sp³-hybridized carbons (Fsp3) is 0.500. The molecular weight excluding hydrogens is 268 g/mol. The predicted octanol–water partition coefficient (Wildman–Crippen LogP) is 2.13. The van der Waals surface area contributed by atoms with Crippen molar-refractivity contribution >= 4 is 11.8 Å². The molecular formula is C16H22N2O3. The van der Waals surface area contributed by atoms with Crippen molar-refractivity contribution in [2.24, 2.45) is 5.92 Å². The van der Waals surface area contributed by atoms with Gasteiger partial charge in [0, 0.05) is 23.5 Å². The van der Waals surface area contributed by atoms with E-state index in [-0.39, 0.29) is 23.8 Å². The number of nitrogens with one attached hydrogen (secondary N) is 2. The molecule has 0 aliphatic carbocycles. The van der Waals surface area contributed by atoms with Crippen molar-refractivity contribution in [1.29, 1.82) is 0 Å². The van der Waals surface area contributed by atoms with Crippen LogP contribution in [-0.2, 0) is 11.2 Å². The van der Waals surface area contributed by atoms with Gasteiger partial charge in [0.25, 0.3) is 5.91 Å². The third kappa shape index (κ3) is 3.17. The van der Waals surface area contributed by atoms with E-state index in [4.69, 9.17) is 4.74 Å². The summed E-state index contributed by atoms with van der Waals surface area (Å²) in [4.78, 5) is 23.9. The van der Waals surface area contributed by atoms with E-state index in [1.807, 2.05) is 33.8 Å². The minimum absolute atomic E-state index is 0.129. The lowest BCUT2D eigenvalue weighted by molar-refractivity contribution is -0.125. The monoisotopic (exact) mass is 290 g/mol. The maximum atomic E-state index is 12.2. The lowest BCUT2D eigenvalue weighted by Crippen LogP contribution is -2.44. The second-order valence-electron chi connectivity index (χ2n) is 5.61. The Balaban J connectivity index is 2.07. The molecule has 1 heterocycles.